The molecule has 2 aromatic heterocycles. The van der Waals surface area contributed by atoms with Gasteiger partial charge in [-0.25, -0.2) is 4.98 Å². The number of nitrogens with one attached hydrogen (secondary N) is 2. The van der Waals surface area contributed by atoms with Crippen molar-refractivity contribution in [2.24, 2.45) is 0 Å². The molecule has 2 heterocycles. The number of aromatic nitrogens is 2. The number of alkyl halides is 3. The number of aryl methyl sites for hydroxylation is 3. The van der Waals surface area contributed by atoms with Gasteiger partial charge in [-0.2, -0.15) is 13.2 Å². The number of ether oxygens (including phenoxy) is 1. The van der Waals surface area contributed by atoms with Crippen molar-refractivity contribution < 1.29 is 27.5 Å². The number of aromatic amines is 1. The van der Waals surface area contributed by atoms with E-state index >= 15 is 0 Å². The van der Waals surface area contributed by atoms with Gasteiger partial charge in [0.15, 0.2) is 6.61 Å². The third-order valence-electron chi connectivity index (χ3n) is 4.29. The normalized spacial score (nSPS) is 14.0. The van der Waals surface area contributed by atoms with Crippen molar-refractivity contribution in [2.75, 3.05) is 13.2 Å². The van der Waals surface area contributed by atoms with Gasteiger partial charge in [0.05, 0.1) is 11.8 Å². The van der Waals surface area contributed by atoms with Crippen molar-refractivity contribution in [3.8, 4) is 0 Å². The minimum Gasteiger partial charge on any atom is -0.456 e. The van der Waals surface area contributed by atoms with Gasteiger partial charge >= 0.3 is 12.1 Å². The van der Waals surface area contributed by atoms with E-state index < -0.39 is 31.2 Å². The van der Waals surface area contributed by atoms with Crippen molar-refractivity contribution in [3.05, 3.63) is 26.6 Å². The van der Waals surface area contributed by atoms with Crippen LogP contribution in [0, 0.1) is 0 Å². The fraction of sp³-hybridized carbons (Fsp3) is 0.529. The van der Waals surface area contributed by atoms with E-state index in [4.69, 9.17) is 0 Å². The van der Waals surface area contributed by atoms with Crippen LogP contribution in [0.5, 0.6) is 0 Å². The van der Waals surface area contributed by atoms with Crippen LogP contribution in [0.1, 0.15) is 35.5 Å². The number of H-pyrrole nitrogens is 1. The van der Waals surface area contributed by atoms with E-state index in [1.54, 1.807) is 5.32 Å². The molecule has 152 valence electrons. The molecule has 0 aromatic carbocycles. The minimum absolute atomic E-state index is 0.0940. The van der Waals surface area contributed by atoms with Crippen LogP contribution in [-0.2, 0) is 33.6 Å². The molecule has 0 unspecified atom stereocenters. The molecule has 0 bridgehead atoms. The smallest absolute Gasteiger partial charge is 0.405 e. The molecule has 2 aromatic rings. The van der Waals surface area contributed by atoms with E-state index in [1.165, 1.54) is 16.2 Å². The molecule has 1 aliphatic carbocycles. The van der Waals surface area contributed by atoms with E-state index in [0.717, 1.165) is 31.2 Å². The van der Waals surface area contributed by atoms with Crippen LogP contribution in [0.2, 0.25) is 0 Å². The number of halogens is 3. The number of nitrogens with zero attached hydrogens (tertiary/aromatic N) is 1. The second-order valence-corrected chi connectivity index (χ2v) is 7.54. The Morgan fingerprint density at radius 1 is 1.25 bits per heavy atom. The zero-order valence-corrected chi connectivity index (χ0v) is 15.6. The van der Waals surface area contributed by atoms with Crippen LogP contribution >= 0.6 is 11.3 Å². The van der Waals surface area contributed by atoms with Crippen LogP contribution in [0.15, 0.2) is 4.79 Å². The lowest BCUT2D eigenvalue weighted by atomic mass is 9.97. The summed E-state index contributed by atoms with van der Waals surface area (Å²) < 4.78 is 40.6. The van der Waals surface area contributed by atoms with Gasteiger partial charge in [-0.05, 0) is 31.2 Å². The standard InChI is InChI=1S/C17H18F3N3O4S/c18-17(19,20)8-21-12(24)7-27-13(25)6-5-11-22-15(26)14-9-3-1-2-4-10(9)28-16(14)23-11/h1-8H2,(H,21,24)(H,22,23,26). The number of fused-ring (bicyclic) bond motifs is 3. The van der Waals surface area contributed by atoms with E-state index in [1.807, 2.05) is 0 Å². The SMILES string of the molecule is O=C(COC(=O)CCc1nc2sc3c(c2c(=O)[nH]1)CCCC3)NCC(F)(F)F. The molecule has 1 amide bonds. The second kappa shape index (κ2) is 8.29. The zero-order chi connectivity index (χ0) is 20.3. The lowest BCUT2D eigenvalue weighted by Crippen LogP contribution is -2.36. The maximum absolute atomic E-state index is 12.4. The summed E-state index contributed by atoms with van der Waals surface area (Å²) in [6.45, 7) is -2.28. The number of thiophene rings is 1. The van der Waals surface area contributed by atoms with Crippen molar-refractivity contribution in [2.45, 2.75) is 44.7 Å². The highest BCUT2D eigenvalue weighted by molar-refractivity contribution is 7.18. The molecule has 1 aliphatic rings. The van der Waals surface area contributed by atoms with E-state index in [0.29, 0.717) is 16.0 Å². The largest absolute Gasteiger partial charge is 0.456 e. The van der Waals surface area contributed by atoms with Gasteiger partial charge in [0.25, 0.3) is 11.5 Å². The van der Waals surface area contributed by atoms with E-state index in [9.17, 15) is 27.6 Å². The molecular weight excluding hydrogens is 399 g/mol. The van der Waals surface area contributed by atoms with E-state index in [-0.39, 0.29) is 18.4 Å². The quantitative estimate of drug-likeness (QED) is 0.701. The van der Waals surface area contributed by atoms with Crippen LogP contribution in [-0.4, -0.2) is 41.2 Å². The third kappa shape index (κ3) is 5.09. The molecule has 0 atom stereocenters. The lowest BCUT2D eigenvalue weighted by molar-refractivity contribution is -0.151. The highest BCUT2D eigenvalue weighted by Crippen LogP contribution is 2.33. The first-order valence-electron chi connectivity index (χ1n) is 8.75. The third-order valence-corrected chi connectivity index (χ3v) is 5.48. The Kier molecular flexibility index (Phi) is 6.01. The van der Waals surface area contributed by atoms with Gasteiger partial charge < -0.3 is 15.0 Å². The summed E-state index contributed by atoms with van der Waals surface area (Å²) in [5.74, 6) is -1.48. The number of rotatable bonds is 6. The molecule has 0 saturated heterocycles. The molecule has 7 nitrogen and oxygen atoms in total. The molecule has 0 radical (unpaired) electrons. The van der Waals surface area contributed by atoms with Gasteiger partial charge in [-0.15, -0.1) is 11.3 Å². The average Bonchev–Trinajstić information content (AvgIpc) is 3.01. The van der Waals surface area contributed by atoms with Crippen LogP contribution in [0.25, 0.3) is 10.2 Å². The van der Waals surface area contributed by atoms with Crippen molar-refractivity contribution in [1.29, 1.82) is 0 Å². The molecule has 0 spiro atoms. The average molecular weight is 417 g/mol. The summed E-state index contributed by atoms with van der Waals surface area (Å²) in [7, 11) is 0. The fourth-order valence-electron chi connectivity index (χ4n) is 3.02. The fourth-order valence-corrected chi connectivity index (χ4v) is 4.30. The molecule has 0 fully saturated rings. The topological polar surface area (TPSA) is 101 Å². The first-order chi connectivity index (χ1) is 13.2. The Morgan fingerprint density at radius 3 is 2.75 bits per heavy atom. The number of hydrogen-bond donors (Lipinski definition) is 2. The van der Waals surface area contributed by atoms with Crippen molar-refractivity contribution in [1.82, 2.24) is 15.3 Å². The lowest BCUT2D eigenvalue weighted by Gasteiger charge is -2.09. The Labute approximate surface area is 161 Å². The summed E-state index contributed by atoms with van der Waals surface area (Å²) in [6, 6.07) is 0. The predicted octanol–water partition coefficient (Wildman–Crippen LogP) is 2.02. The van der Waals surface area contributed by atoms with Gasteiger partial charge in [0.2, 0.25) is 0 Å². The summed E-state index contributed by atoms with van der Waals surface area (Å²) in [4.78, 5) is 44.2. The summed E-state index contributed by atoms with van der Waals surface area (Å²) in [5.41, 5.74) is 0.829. The zero-order valence-electron chi connectivity index (χ0n) is 14.8. The molecule has 11 heteroatoms. The number of esters is 1. The first-order valence-corrected chi connectivity index (χ1v) is 9.57. The van der Waals surface area contributed by atoms with Gasteiger partial charge in [-0.3, -0.25) is 14.4 Å². The molecule has 3 rings (SSSR count). The molecular formula is C17H18F3N3O4S. The van der Waals surface area contributed by atoms with Crippen molar-refractivity contribution in [3.63, 3.8) is 0 Å². The Bertz CT molecular complexity index is 951. The number of hydrogen-bond acceptors (Lipinski definition) is 6. The van der Waals surface area contributed by atoms with Crippen LogP contribution < -0.4 is 10.9 Å². The van der Waals surface area contributed by atoms with Crippen LogP contribution in [0.3, 0.4) is 0 Å². The predicted molar refractivity (Wildman–Crippen MR) is 95.2 cm³/mol. The minimum atomic E-state index is -4.53. The highest BCUT2D eigenvalue weighted by atomic mass is 32.1. The number of carbonyl (C=O) groups excluding carboxylic acids is 2. The Morgan fingerprint density at radius 2 is 2.00 bits per heavy atom. The Hall–Kier alpha value is -2.43. The molecule has 0 saturated carbocycles. The van der Waals surface area contributed by atoms with Crippen LogP contribution in [0.4, 0.5) is 13.2 Å². The maximum atomic E-state index is 12.4. The summed E-state index contributed by atoms with van der Waals surface area (Å²) in [5, 5.41) is 2.22. The Balaban J connectivity index is 1.54. The molecule has 2 N–H and O–H groups in total. The number of amides is 1. The van der Waals surface area contributed by atoms with Crippen molar-refractivity contribution >= 4 is 33.4 Å². The van der Waals surface area contributed by atoms with E-state index in [2.05, 4.69) is 14.7 Å². The van der Waals surface area contributed by atoms with Gasteiger partial charge in [0.1, 0.15) is 17.2 Å². The molecule has 0 aliphatic heterocycles. The van der Waals surface area contributed by atoms with Gasteiger partial charge in [0, 0.05) is 11.3 Å². The second-order valence-electron chi connectivity index (χ2n) is 6.46. The molecule has 28 heavy (non-hydrogen) atoms. The summed E-state index contributed by atoms with van der Waals surface area (Å²) >= 11 is 1.49. The van der Waals surface area contributed by atoms with Gasteiger partial charge in [-0.1, -0.05) is 0 Å². The first kappa shape index (κ1) is 20.3. The number of carbonyl (C=O) groups is 2. The highest BCUT2D eigenvalue weighted by Gasteiger charge is 2.27. The maximum Gasteiger partial charge on any atom is 0.405 e. The summed E-state index contributed by atoms with van der Waals surface area (Å²) in [6.07, 6.45) is -0.662. The monoisotopic (exact) mass is 417 g/mol.